The minimum absolute atomic E-state index is 0. The van der Waals surface area contributed by atoms with E-state index in [4.69, 9.17) is 9.97 Å². The summed E-state index contributed by atoms with van der Waals surface area (Å²) in [7, 11) is 0. The maximum atomic E-state index is 4.97. The van der Waals surface area contributed by atoms with E-state index in [1.807, 2.05) is 146 Å². The number of allylic oxidation sites excluding steroid dienone is 2. The molecule has 3 aromatic carbocycles. The van der Waals surface area contributed by atoms with Crippen LogP contribution in [0.25, 0.3) is 66.3 Å². The summed E-state index contributed by atoms with van der Waals surface area (Å²) in [6, 6.07) is 41.2. The molecular formula is C46H31N8Ru. The molecule has 1 radical (unpaired) electrons. The Morgan fingerprint density at radius 2 is 1.00 bits per heavy atom. The summed E-state index contributed by atoms with van der Waals surface area (Å²) in [6.07, 6.45) is 14.9. The fourth-order valence-electron chi connectivity index (χ4n) is 5.88. The first kappa shape index (κ1) is 36.4. The summed E-state index contributed by atoms with van der Waals surface area (Å²) in [4.78, 5) is 31.6. The van der Waals surface area contributed by atoms with Crippen molar-refractivity contribution in [3.63, 3.8) is 0 Å². The van der Waals surface area contributed by atoms with Gasteiger partial charge in [-0.2, -0.15) is 0 Å². The van der Waals surface area contributed by atoms with Crippen LogP contribution in [-0.2, 0) is 19.5 Å². The van der Waals surface area contributed by atoms with Crippen LogP contribution in [0.15, 0.2) is 177 Å². The molecule has 9 heteroatoms. The minimum atomic E-state index is 0. The van der Waals surface area contributed by atoms with Crippen molar-refractivity contribution in [3.05, 3.63) is 199 Å². The van der Waals surface area contributed by atoms with E-state index in [9.17, 15) is 0 Å². The van der Waals surface area contributed by atoms with E-state index in [1.165, 1.54) is 0 Å². The summed E-state index contributed by atoms with van der Waals surface area (Å²) in [6.45, 7) is 0.766. The molecule has 0 saturated carbocycles. The van der Waals surface area contributed by atoms with Gasteiger partial charge in [0, 0.05) is 58.6 Å². The summed E-state index contributed by atoms with van der Waals surface area (Å²) in [5.41, 5.74) is 10.7. The molecule has 55 heavy (non-hydrogen) atoms. The van der Waals surface area contributed by atoms with Crippen molar-refractivity contribution in [2.24, 2.45) is 0 Å². The van der Waals surface area contributed by atoms with Crippen LogP contribution in [0.4, 0.5) is 0 Å². The molecule has 0 bridgehead atoms. The normalized spacial score (nSPS) is 11.5. The third kappa shape index (κ3) is 8.63. The Balaban J connectivity index is 0.000000153. The monoisotopic (exact) mass is 797 g/mol. The number of fused-ring (bicyclic) bond motifs is 7. The zero-order chi connectivity index (χ0) is 36.4. The second-order valence-electron chi connectivity index (χ2n) is 12.0. The van der Waals surface area contributed by atoms with Gasteiger partial charge in [0.05, 0.1) is 44.5 Å². The van der Waals surface area contributed by atoms with E-state index in [2.05, 4.69) is 42.1 Å². The maximum Gasteiger partial charge on any atom is 1.00 e. The van der Waals surface area contributed by atoms with Crippen molar-refractivity contribution in [1.29, 1.82) is 0 Å². The number of pyridine rings is 5. The molecule has 0 saturated heterocycles. The first-order valence-corrected chi connectivity index (χ1v) is 17.4. The fourth-order valence-corrected chi connectivity index (χ4v) is 5.88. The number of benzene rings is 3. The predicted octanol–water partition coefficient (Wildman–Crippen LogP) is 9.79. The second kappa shape index (κ2) is 17.7. The summed E-state index contributed by atoms with van der Waals surface area (Å²) < 4.78 is 0. The van der Waals surface area contributed by atoms with Gasteiger partial charge >= 0.3 is 19.5 Å². The molecule has 9 aromatic rings. The van der Waals surface area contributed by atoms with Crippen LogP contribution in [0.1, 0.15) is 16.8 Å². The molecule has 263 valence electrons. The average Bonchev–Trinajstić information content (AvgIpc) is 3.27. The molecule has 0 N–H and O–H groups in total. The van der Waals surface area contributed by atoms with Crippen LogP contribution in [0, 0.1) is 11.8 Å². The van der Waals surface area contributed by atoms with Crippen molar-refractivity contribution >= 4 is 49.6 Å². The van der Waals surface area contributed by atoms with E-state index in [-0.39, 0.29) is 19.5 Å². The van der Waals surface area contributed by atoms with Gasteiger partial charge in [0.15, 0.2) is 0 Å². The maximum absolute atomic E-state index is 4.97. The van der Waals surface area contributed by atoms with E-state index >= 15 is 0 Å². The van der Waals surface area contributed by atoms with Gasteiger partial charge < -0.3 is 5.32 Å². The molecule has 0 amide bonds. The van der Waals surface area contributed by atoms with Gasteiger partial charge in [0.2, 0.25) is 0 Å². The van der Waals surface area contributed by atoms with Crippen LogP contribution in [0.2, 0.25) is 0 Å². The van der Waals surface area contributed by atoms with E-state index < -0.39 is 0 Å². The summed E-state index contributed by atoms with van der Waals surface area (Å²) in [5.74, 6) is 6.43. The molecule has 8 nitrogen and oxygen atoms in total. The van der Waals surface area contributed by atoms with E-state index in [0.29, 0.717) is 0 Å². The molecule has 0 fully saturated rings. The van der Waals surface area contributed by atoms with Crippen molar-refractivity contribution in [2.45, 2.75) is 0 Å². The van der Waals surface area contributed by atoms with Crippen molar-refractivity contribution in [3.8, 4) is 23.2 Å². The van der Waals surface area contributed by atoms with Gasteiger partial charge in [-0.1, -0.05) is 60.4 Å². The van der Waals surface area contributed by atoms with Gasteiger partial charge in [0.25, 0.3) is 0 Å². The second-order valence-corrected chi connectivity index (χ2v) is 12.0. The SMILES string of the molecule is C(#Cc1ccc2nc3c4cccnc4c4ncccc4c3nc2c1)c1ccccc1.C1=CC[N-]C(c2ccccn2)=C1.[Ru+].c1ccc(-c2ccccn2)nc1. The Hall–Kier alpha value is -7.01. The Kier molecular flexibility index (Phi) is 11.7. The van der Waals surface area contributed by atoms with E-state index in [0.717, 1.165) is 84.3 Å². The number of rotatable bonds is 2. The average molecular weight is 797 g/mol. The molecule has 1 aliphatic heterocycles. The largest absolute Gasteiger partial charge is 1.00 e. The molecular weight excluding hydrogens is 766 g/mol. The molecule has 7 heterocycles. The Bertz CT molecular complexity index is 2780. The standard InChI is InChI=1S/C26H14N4.C10H9N2.C10H8N2.Ru/c1-2-6-17(7-3-1)10-11-18-12-13-21-22(16-18)30-26-20-9-5-15-28-24(20)23-19(25(26)29-21)8-4-14-27-23;2*1-3-7-11-9(5-1)10-6-2-4-8-12-10;/h1-9,12-16H;1-7H,8H2;1-8H;/q;-1;;+1. The zero-order valence-corrected chi connectivity index (χ0v) is 31.1. The predicted molar refractivity (Wildman–Crippen MR) is 217 cm³/mol. The van der Waals surface area contributed by atoms with Gasteiger partial charge in [0.1, 0.15) is 0 Å². The van der Waals surface area contributed by atoms with Crippen molar-refractivity contribution < 1.29 is 19.5 Å². The summed E-state index contributed by atoms with van der Waals surface area (Å²) >= 11 is 0. The molecule has 6 aromatic heterocycles. The molecule has 1 aliphatic rings. The molecule has 10 rings (SSSR count). The zero-order valence-electron chi connectivity index (χ0n) is 29.4. The van der Waals surface area contributed by atoms with Gasteiger partial charge in [-0.15, -0.1) is 18.3 Å². The van der Waals surface area contributed by atoms with Crippen LogP contribution in [0.5, 0.6) is 0 Å². The van der Waals surface area contributed by atoms with Crippen LogP contribution >= 0.6 is 0 Å². The van der Waals surface area contributed by atoms with Gasteiger partial charge in [-0.25, -0.2) is 9.97 Å². The summed E-state index contributed by atoms with van der Waals surface area (Å²) in [5, 5.41) is 6.22. The number of hydrogen-bond donors (Lipinski definition) is 0. The third-order valence-electron chi connectivity index (χ3n) is 8.42. The fraction of sp³-hybridized carbons (Fsp3) is 0.0217. The quantitative estimate of drug-likeness (QED) is 0.0743. The number of hydrogen-bond acceptors (Lipinski definition) is 7. The number of aromatic nitrogens is 7. The first-order chi connectivity index (χ1) is 26.8. The Morgan fingerprint density at radius 1 is 0.455 bits per heavy atom. The molecule has 0 atom stereocenters. The van der Waals surface area contributed by atoms with Crippen LogP contribution in [-0.4, -0.2) is 41.4 Å². The third-order valence-corrected chi connectivity index (χ3v) is 8.42. The van der Waals surface area contributed by atoms with Gasteiger partial charge in [-0.05, 0) is 91.0 Å². The minimum Gasteiger partial charge on any atom is -0.679 e. The smallest absolute Gasteiger partial charge is 0.679 e. The number of nitrogens with zero attached hydrogens (tertiary/aromatic N) is 8. The Morgan fingerprint density at radius 3 is 1.56 bits per heavy atom. The molecule has 0 aliphatic carbocycles. The first-order valence-electron chi connectivity index (χ1n) is 17.4. The van der Waals surface area contributed by atoms with Crippen LogP contribution in [0.3, 0.4) is 0 Å². The Labute approximate surface area is 331 Å². The van der Waals surface area contributed by atoms with Gasteiger partial charge in [-0.3, -0.25) is 24.9 Å². The topological polar surface area (TPSA) is 104 Å². The van der Waals surface area contributed by atoms with Crippen LogP contribution < -0.4 is 0 Å². The molecule has 0 unspecified atom stereocenters. The van der Waals surface area contributed by atoms with E-state index in [1.54, 1.807) is 31.0 Å². The van der Waals surface area contributed by atoms with Crippen molar-refractivity contribution in [2.75, 3.05) is 6.54 Å². The molecule has 0 spiro atoms. The van der Waals surface area contributed by atoms with Crippen molar-refractivity contribution in [1.82, 2.24) is 34.9 Å².